The topological polar surface area (TPSA) is 55.4 Å². The van der Waals surface area contributed by atoms with Gasteiger partial charge in [0, 0.05) is 12.8 Å². The van der Waals surface area contributed by atoms with E-state index >= 15 is 0 Å². The first kappa shape index (κ1) is 17.9. The largest absolute Gasteiger partial charge is 0.341 e. The fraction of sp³-hybridized carbons (Fsp3) is 0.867. The fourth-order valence-corrected chi connectivity index (χ4v) is 1.83. The molecule has 112 valence electrons. The molecule has 0 unspecified atom stereocenters. The third-order valence-corrected chi connectivity index (χ3v) is 3.07. The molecule has 0 aliphatic carbocycles. The molecule has 0 atom stereocenters. The SMILES string of the molecule is CCCCCCCCCCCC(=O)NOC(=O)CC. The number of hydrogen-bond acceptors (Lipinski definition) is 3. The molecule has 0 aliphatic heterocycles. The molecule has 4 nitrogen and oxygen atoms in total. The van der Waals surface area contributed by atoms with Crippen LogP contribution in [0.2, 0.25) is 0 Å². The van der Waals surface area contributed by atoms with Crippen LogP contribution in [-0.2, 0) is 14.4 Å². The van der Waals surface area contributed by atoms with E-state index in [4.69, 9.17) is 0 Å². The summed E-state index contributed by atoms with van der Waals surface area (Å²) in [5, 5.41) is 0. The van der Waals surface area contributed by atoms with Crippen molar-refractivity contribution in [3.63, 3.8) is 0 Å². The van der Waals surface area contributed by atoms with E-state index in [1.165, 1.54) is 44.9 Å². The maximum absolute atomic E-state index is 11.3. The molecule has 0 saturated heterocycles. The first-order valence-corrected chi connectivity index (χ1v) is 7.69. The molecule has 0 spiro atoms. The summed E-state index contributed by atoms with van der Waals surface area (Å²) in [6, 6.07) is 0. The van der Waals surface area contributed by atoms with Gasteiger partial charge in [0.15, 0.2) is 0 Å². The summed E-state index contributed by atoms with van der Waals surface area (Å²) in [6.07, 6.45) is 11.7. The molecule has 4 heteroatoms. The molecule has 0 aliphatic rings. The Morgan fingerprint density at radius 2 is 1.37 bits per heavy atom. The van der Waals surface area contributed by atoms with Gasteiger partial charge in [0.25, 0.3) is 5.91 Å². The second-order valence-corrected chi connectivity index (χ2v) is 4.93. The Hall–Kier alpha value is -1.06. The molecule has 0 radical (unpaired) electrons. The third-order valence-electron chi connectivity index (χ3n) is 3.07. The van der Waals surface area contributed by atoms with Gasteiger partial charge in [0.05, 0.1) is 0 Å². The Balaban J connectivity index is 3.21. The number of rotatable bonds is 11. The van der Waals surface area contributed by atoms with Crippen LogP contribution in [-0.4, -0.2) is 11.9 Å². The Morgan fingerprint density at radius 3 is 1.89 bits per heavy atom. The maximum Gasteiger partial charge on any atom is 0.331 e. The highest BCUT2D eigenvalue weighted by Crippen LogP contribution is 2.10. The van der Waals surface area contributed by atoms with Gasteiger partial charge in [0.2, 0.25) is 0 Å². The van der Waals surface area contributed by atoms with Crippen LogP contribution < -0.4 is 5.48 Å². The predicted octanol–water partition coefficient (Wildman–Crippen LogP) is 3.89. The van der Waals surface area contributed by atoms with Crippen molar-refractivity contribution in [2.24, 2.45) is 0 Å². The Labute approximate surface area is 117 Å². The van der Waals surface area contributed by atoms with Gasteiger partial charge in [-0.3, -0.25) is 4.79 Å². The zero-order chi connectivity index (χ0) is 14.3. The van der Waals surface area contributed by atoms with E-state index in [1.807, 2.05) is 0 Å². The monoisotopic (exact) mass is 271 g/mol. The van der Waals surface area contributed by atoms with Gasteiger partial charge in [-0.15, -0.1) is 0 Å². The Kier molecular flexibility index (Phi) is 12.6. The number of hydrogen-bond donors (Lipinski definition) is 1. The van der Waals surface area contributed by atoms with Crippen LogP contribution in [0.3, 0.4) is 0 Å². The van der Waals surface area contributed by atoms with Gasteiger partial charge >= 0.3 is 5.97 Å². The van der Waals surface area contributed by atoms with Gasteiger partial charge in [0.1, 0.15) is 0 Å². The lowest BCUT2D eigenvalue weighted by Crippen LogP contribution is -2.26. The normalized spacial score (nSPS) is 10.2. The van der Waals surface area contributed by atoms with E-state index in [0.29, 0.717) is 6.42 Å². The highest BCUT2D eigenvalue weighted by atomic mass is 16.7. The molecule has 0 bridgehead atoms. The van der Waals surface area contributed by atoms with Crippen molar-refractivity contribution in [3.05, 3.63) is 0 Å². The summed E-state index contributed by atoms with van der Waals surface area (Å²) in [5.74, 6) is -0.606. The number of unbranched alkanes of at least 4 members (excludes halogenated alkanes) is 8. The predicted molar refractivity (Wildman–Crippen MR) is 76.4 cm³/mol. The molecule has 0 aromatic rings. The second-order valence-electron chi connectivity index (χ2n) is 4.93. The number of carbonyl (C=O) groups excluding carboxylic acids is 2. The summed E-state index contributed by atoms with van der Waals surface area (Å²) >= 11 is 0. The Morgan fingerprint density at radius 1 is 0.842 bits per heavy atom. The molecule has 0 aromatic carbocycles. The quantitative estimate of drug-likeness (QED) is 0.458. The summed E-state index contributed by atoms with van der Waals surface area (Å²) in [5.41, 5.74) is 2.17. The highest BCUT2D eigenvalue weighted by Gasteiger charge is 2.04. The zero-order valence-electron chi connectivity index (χ0n) is 12.5. The van der Waals surface area contributed by atoms with E-state index < -0.39 is 5.97 Å². The molecule has 0 aromatic heterocycles. The highest BCUT2D eigenvalue weighted by molar-refractivity contribution is 5.77. The van der Waals surface area contributed by atoms with Crippen LogP contribution in [0.1, 0.15) is 84.5 Å². The van der Waals surface area contributed by atoms with Gasteiger partial charge in [-0.25, -0.2) is 4.79 Å². The standard InChI is InChI=1S/C15H29NO3/c1-3-5-6-7-8-9-10-11-12-13-14(17)16-19-15(18)4-2/h3-13H2,1-2H3,(H,16,17). The molecular weight excluding hydrogens is 242 g/mol. The molecular formula is C15H29NO3. The van der Waals surface area contributed by atoms with Gasteiger partial charge in [-0.1, -0.05) is 65.2 Å². The number of amides is 1. The van der Waals surface area contributed by atoms with E-state index in [1.54, 1.807) is 6.92 Å². The summed E-state index contributed by atoms with van der Waals surface area (Å²) in [4.78, 5) is 26.6. The second kappa shape index (κ2) is 13.4. The minimum Gasteiger partial charge on any atom is -0.341 e. The first-order valence-electron chi connectivity index (χ1n) is 7.69. The van der Waals surface area contributed by atoms with Crippen LogP contribution in [0.5, 0.6) is 0 Å². The van der Waals surface area contributed by atoms with Crippen LogP contribution in [0, 0.1) is 0 Å². The molecule has 19 heavy (non-hydrogen) atoms. The van der Waals surface area contributed by atoms with E-state index in [0.717, 1.165) is 12.8 Å². The van der Waals surface area contributed by atoms with E-state index in [-0.39, 0.29) is 12.3 Å². The summed E-state index contributed by atoms with van der Waals surface area (Å²) in [7, 11) is 0. The van der Waals surface area contributed by atoms with Crippen LogP contribution >= 0.6 is 0 Å². The van der Waals surface area contributed by atoms with Gasteiger partial charge < -0.3 is 4.84 Å². The lowest BCUT2D eigenvalue weighted by atomic mass is 10.1. The van der Waals surface area contributed by atoms with Crippen LogP contribution in [0.25, 0.3) is 0 Å². The smallest absolute Gasteiger partial charge is 0.331 e. The van der Waals surface area contributed by atoms with E-state index in [2.05, 4.69) is 17.2 Å². The van der Waals surface area contributed by atoms with Crippen molar-refractivity contribution < 1.29 is 14.4 Å². The number of carbonyl (C=O) groups is 2. The summed E-state index contributed by atoms with van der Waals surface area (Å²) in [6.45, 7) is 3.91. The first-order chi connectivity index (χ1) is 9.20. The molecule has 1 N–H and O–H groups in total. The van der Waals surface area contributed by atoms with Crippen LogP contribution in [0.15, 0.2) is 0 Å². The van der Waals surface area contributed by atoms with Gasteiger partial charge in [-0.05, 0) is 6.42 Å². The van der Waals surface area contributed by atoms with Crippen molar-refractivity contribution in [2.75, 3.05) is 0 Å². The molecule has 0 saturated carbocycles. The molecule has 0 heterocycles. The van der Waals surface area contributed by atoms with Crippen molar-refractivity contribution in [2.45, 2.75) is 84.5 Å². The molecule has 0 rings (SSSR count). The van der Waals surface area contributed by atoms with E-state index in [9.17, 15) is 9.59 Å². The zero-order valence-corrected chi connectivity index (χ0v) is 12.5. The minimum atomic E-state index is -0.402. The fourth-order valence-electron chi connectivity index (χ4n) is 1.83. The average Bonchev–Trinajstić information content (AvgIpc) is 2.42. The number of nitrogens with one attached hydrogen (secondary N) is 1. The van der Waals surface area contributed by atoms with Crippen LogP contribution in [0.4, 0.5) is 0 Å². The average molecular weight is 271 g/mol. The number of hydroxylamine groups is 1. The lowest BCUT2D eigenvalue weighted by Gasteiger charge is -2.04. The summed E-state index contributed by atoms with van der Waals surface area (Å²) < 4.78 is 0. The molecule has 1 amide bonds. The minimum absolute atomic E-state index is 0.204. The van der Waals surface area contributed by atoms with Crippen molar-refractivity contribution in [3.8, 4) is 0 Å². The third kappa shape index (κ3) is 13.2. The van der Waals surface area contributed by atoms with Gasteiger partial charge in [-0.2, -0.15) is 5.48 Å². The van der Waals surface area contributed by atoms with Crippen molar-refractivity contribution in [1.82, 2.24) is 5.48 Å². The maximum atomic E-state index is 11.3. The van der Waals surface area contributed by atoms with Crippen molar-refractivity contribution in [1.29, 1.82) is 0 Å². The van der Waals surface area contributed by atoms with Crippen molar-refractivity contribution >= 4 is 11.9 Å². The Bertz CT molecular complexity index is 242. The lowest BCUT2D eigenvalue weighted by molar-refractivity contribution is -0.158. The molecule has 0 fully saturated rings.